The molecule has 0 bridgehead atoms. The zero-order chi connectivity index (χ0) is 15.1. The fourth-order valence-electron chi connectivity index (χ4n) is 2.83. The third-order valence-electron chi connectivity index (χ3n) is 3.86. The van der Waals surface area contributed by atoms with Crippen molar-refractivity contribution in [2.75, 3.05) is 4.90 Å². The van der Waals surface area contributed by atoms with Gasteiger partial charge < -0.3 is 10.0 Å². The van der Waals surface area contributed by atoms with Crippen molar-refractivity contribution in [2.24, 2.45) is 5.92 Å². The molecule has 1 aliphatic rings. The highest BCUT2D eigenvalue weighted by molar-refractivity contribution is 5.68. The van der Waals surface area contributed by atoms with Crippen molar-refractivity contribution < 1.29 is 23.1 Å². The topological polar surface area (TPSA) is 53.4 Å². The zero-order valence-electron chi connectivity index (χ0n) is 11.1. The van der Waals surface area contributed by atoms with Crippen LogP contribution in [0.15, 0.2) is 18.3 Å². The van der Waals surface area contributed by atoms with Crippen LogP contribution in [-0.4, -0.2) is 28.1 Å². The SMILES string of the molecule is CC1C(CC(=O)O)C(C)N1c1ccnc(C(F)(F)F)c1. The largest absolute Gasteiger partial charge is 0.481 e. The van der Waals surface area contributed by atoms with E-state index in [2.05, 4.69) is 4.98 Å². The number of halogens is 3. The second kappa shape index (κ2) is 4.96. The standard InChI is InChI=1S/C13H15F3N2O2/c1-7-10(6-12(19)20)8(2)18(7)9-3-4-17-11(5-9)13(14,15)16/h3-5,7-8,10H,6H2,1-2H3,(H,19,20). The molecule has 0 spiro atoms. The minimum Gasteiger partial charge on any atom is -0.481 e. The van der Waals surface area contributed by atoms with Gasteiger partial charge in [0.1, 0.15) is 5.69 Å². The molecular weight excluding hydrogens is 273 g/mol. The van der Waals surface area contributed by atoms with Gasteiger partial charge in [-0.15, -0.1) is 0 Å². The first kappa shape index (κ1) is 14.6. The van der Waals surface area contributed by atoms with E-state index in [9.17, 15) is 18.0 Å². The summed E-state index contributed by atoms with van der Waals surface area (Å²) in [5.74, 6) is -0.950. The van der Waals surface area contributed by atoms with E-state index in [0.717, 1.165) is 12.3 Å². The molecule has 0 aromatic carbocycles. The summed E-state index contributed by atoms with van der Waals surface area (Å²) in [6.45, 7) is 3.64. The normalized spacial score (nSPS) is 26.2. The van der Waals surface area contributed by atoms with Crippen molar-refractivity contribution in [3.05, 3.63) is 24.0 Å². The van der Waals surface area contributed by atoms with Crippen molar-refractivity contribution >= 4 is 11.7 Å². The number of hydrogen-bond donors (Lipinski definition) is 1. The molecule has 2 atom stereocenters. The summed E-state index contributed by atoms with van der Waals surface area (Å²) in [7, 11) is 0. The van der Waals surface area contributed by atoms with Gasteiger partial charge in [-0.25, -0.2) is 0 Å². The molecule has 0 saturated carbocycles. The van der Waals surface area contributed by atoms with Crippen molar-refractivity contribution in [3.8, 4) is 0 Å². The maximum Gasteiger partial charge on any atom is 0.433 e. The number of carboxylic acids is 1. The molecule has 0 amide bonds. The molecule has 0 aliphatic carbocycles. The molecule has 20 heavy (non-hydrogen) atoms. The summed E-state index contributed by atoms with van der Waals surface area (Å²) in [5, 5.41) is 8.81. The molecule has 7 heteroatoms. The molecular formula is C13H15F3N2O2. The van der Waals surface area contributed by atoms with Gasteiger partial charge in [0.2, 0.25) is 0 Å². The van der Waals surface area contributed by atoms with E-state index < -0.39 is 17.8 Å². The van der Waals surface area contributed by atoms with Gasteiger partial charge in [-0.05, 0) is 26.0 Å². The average Bonchev–Trinajstić information content (AvgIpc) is 2.35. The Bertz CT molecular complexity index is 509. The molecule has 110 valence electrons. The summed E-state index contributed by atoms with van der Waals surface area (Å²) < 4.78 is 37.9. The first-order valence-corrected chi connectivity index (χ1v) is 6.25. The number of anilines is 1. The number of hydrogen-bond acceptors (Lipinski definition) is 3. The quantitative estimate of drug-likeness (QED) is 0.929. The van der Waals surface area contributed by atoms with Crippen LogP contribution in [0.5, 0.6) is 0 Å². The van der Waals surface area contributed by atoms with Crippen molar-refractivity contribution in [1.82, 2.24) is 4.98 Å². The predicted molar refractivity (Wildman–Crippen MR) is 66.4 cm³/mol. The molecule has 2 rings (SSSR count). The van der Waals surface area contributed by atoms with Crippen LogP contribution in [-0.2, 0) is 11.0 Å². The van der Waals surface area contributed by atoms with Gasteiger partial charge in [-0.1, -0.05) is 0 Å². The lowest BCUT2D eigenvalue weighted by molar-refractivity contribution is -0.141. The Morgan fingerprint density at radius 3 is 2.50 bits per heavy atom. The van der Waals surface area contributed by atoms with Gasteiger partial charge in [-0.2, -0.15) is 13.2 Å². The Hall–Kier alpha value is -1.79. The molecule has 1 N–H and O–H groups in total. The maximum atomic E-state index is 12.6. The van der Waals surface area contributed by atoms with Crippen molar-refractivity contribution in [2.45, 2.75) is 38.5 Å². The lowest BCUT2D eigenvalue weighted by Crippen LogP contribution is -2.62. The van der Waals surface area contributed by atoms with E-state index in [1.54, 1.807) is 4.90 Å². The smallest absolute Gasteiger partial charge is 0.433 e. The molecule has 4 nitrogen and oxygen atoms in total. The van der Waals surface area contributed by atoms with E-state index in [0.29, 0.717) is 5.69 Å². The Labute approximate surface area is 114 Å². The van der Waals surface area contributed by atoms with Crippen LogP contribution in [0.3, 0.4) is 0 Å². The van der Waals surface area contributed by atoms with E-state index >= 15 is 0 Å². The summed E-state index contributed by atoms with van der Waals surface area (Å²) >= 11 is 0. The first-order valence-electron chi connectivity index (χ1n) is 6.25. The number of carbonyl (C=O) groups is 1. The highest BCUT2D eigenvalue weighted by atomic mass is 19.4. The van der Waals surface area contributed by atoms with Gasteiger partial charge in [0, 0.05) is 29.9 Å². The predicted octanol–water partition coefficient (Wildman–Crippen LogP) is 2.79. The molecule has 1 aromatic rings. The van der Waals surface area contributed by atoms with Crippen LogP contribution in [0.1, 0.15) is 26.0 Å². The van der Waals surface area contributed by atoms with E-state index in [4.69, 9.17) is 5.11 Å². The number of nitrogens with zero attached hydrogens (tertiary/aromatic N) is 2. The Kier molecular flexibility index (Phi) is 3.62. The summed E-state index contributed by atoms with van der Waals surface area (Å²) in [6, 6.07) is 2.30. The van der Waals surface area contributed by atoms with Gasteiger partial charge in [-0.3, -0.25) is 9.78 Å². The summed E-state index contributed by atoms with van der Waals surface area (Å²) in [5.41, 5.74) is -0.509. The Morgan fingerprint density at radius 2 is 2.00 bits per heavy atom. The van der Waals surface area contributed by atoms with Crippen molar-refractivity contribution in [3.63, 3.8) is 0 Å². The van der Waals surface area contributed by atoms with E-state index in [-0.39, 0.29) is 24.4 Å². The molecule has 1 fully saturated rings. The van der Waals surface area contributed by atoms with E-state index in [1.807, 2.05) is 13.8 Å². The Balaban J connectivity index is 2.20. The molecule has 2 unspecified atom stereocenters. The van der Waals surface area contributed by atoms with Gasteiger partial charge in [0.25, 0.3) is 0 Å². The van der Waals surface area contributed by atoms with Crippen LogP contribution < -0.4 is 4.90 Å². The van der Waals surface area contributed by atoms with Gasteiger partial charge >= 0.3 is 12.1 Å². The molecule has 0 radical (unpaired) electrons. The maximum absolute atomic E-state index is 12.6. The van der Waals surface area contributed by atoms with Crippen LogP contribution in [0.25, 0.3) is 0 Å². The number of carboxylic acid groups (broad SMARTS) is 1. The van der Waals surface area contributed by atoms with Crippen LogP contribution in [0.2, 0.25) is 0 Å². The van der Waals surface area contributed by atoms with E-state index in [1.165, 1.54) is 6.07 Å². The van der Waals surface area contributed by atoms with Crippen LogP contribution >= 0.6 is 0 Å². The summed E-state index contributed by atoms with van der Waals surface area (Å²) in [4.78, 5) is 15.9. The lowest BCUT2D eigenvalue weighted by Gasteiger charge is -2.54. The fraction of sp³-hybridized carbons (Fsp3) is 0.538. The highest BCUT2D eigenvalue weighted by Gasteiger charge is 2.44. The molecule has 1 aliphatic heterocycles. The third kappa shape index (κ3) is 2.57. The minimum atomic E-state index is -4.48. The number of alkyl halides is 3. The zero-order valence-corrected chi connectivity index (χ0v) is 11.1. The number of pyridine rings is 1. The lowest BCUT2D eigenvalue weighted by atomic mass is 9.79. The first-order chi connectivity index (χ1) is 9.21. The van der Waals surface area contributed by atoms with Gasteiger partial charge in [0.05, 0.1) is 6.42 Å². The fourth-order valence-corrected chi connectivity index (χ4v) is 2.83. The summed E-state index contributed by atoms with van der Waals surface area (Å²) in [6.07, 6.45) is -3.33. The number of aromatic nitrogens is 1. The number of rotatable bonds is 3. The number of aliphatic carboxylic acids is 1. The molecule has 2 heterocycles. The van der Waals surface area contributed by atoms with Crippen molar-refractivity contribution in [1.29, 1.82) is 0 Å². The monoisotopic (exact) mass is 288 g/mol. The second-order valence-electron chi connectivity index (χ2n) is 5.05. The molecule has 1 aromatic heterocycles. The van der Waals surface area contributed by atoms with Crippen LogP contribution in [0, 0.1) is 5.92 Å². The minimum absolute atomic E-state index is 0.0239. The average molecular weight is 288 g/mol. The van der Waals surface area contributed by atoms with Crippen LogP contribution in [0.4, 0.5) is 18.9 Å². The third-order valence-corrected chi connectivity index (χ3v) is 3.86. The Morgan fingerprint density at radius 1 is 1.40 bits per heavy atom. The highest BCUT2D eigenvalue weighted by Crippen LogP contribution is 2.40. The van der Waals surface area contributed by atoms with Gasteiger partial charge in [0.15, 0.2) is 0 Å². The molecule has 1 saturated heterocycles. The second-order valence-corrected chi connectivity index (χ2v) is 5.05.